The topological polar surface area (TPSA) is 44.5 Å². The van der Waals surface area contributed by atoms with Gasteiger partial charge >= 0.3 is 0 Å². The number of rotatable bonds is 4. The number of aryl methyl sites for hydroxylation is 2. The Morgan fingerprint density at radius 1 is 1.27 bits per heavy atom. The normalized spacial score (nSPS) is 12.6. The van der Waals surface area contributed by atoms with Gasteiger partial charge in [0.25, 0.3) is 0 Å². The van der Waals surface area contributed by atoms with Crippen LogP contribution >= 0.6 is 0 Å². The molecule has 1 aromatic carbocycles. The van der Waals surface area contributed by atoms with E-state index < -0.39 is 0 Å². The molecule has 0 saturated carbocycles. The minimum Gasteiger partial charge on any atom is -0.496 e. The first-order valence-corrected chi connectivity index (χ1v) is 4.99. The molecular weight excluding hydrogens is 190 g/mol. The number of ether oxygens (including phenoxy) is 2. The van der Waals surface area contributed by atoms with Crippen LogP contribution in [0.1, 0.15) is 22.7 Å². The van der Waals surface area contributed by atoms with Crippen LogP contribution in [0.25, 0.3) is 0 Å². The van der Waals surface area contributed by atoms with Gasteiger partial charge in [0.15, 0.2) is 0 Å². The van der Waals surface area contributed by atoms with Crippen LogP contribution in [-0.4, -0.2) is 20.8 Å². The van der Waals surface area contributed by atoms with Crippen LogP contribution in [0.15, 0.2) is 12.1 Å². The van der Waals surface area contributed by atoms with Gasteiger partial charge in [-0.05, 0) is 19.4 Å². The third-order valence-electron chi connectivity index (χ3n) is 2.40. The smallest absolute Gasteiger partial charge is 0.126 e. The Morgan fingerprint density at radius 2 is 1.93 bits per heavy atom. The quantitative estimate of drug-likeness (QED) is 0.824. The summed E-state index contributed by atoms with van der Waals surface area (Å²) in [4.78, 5) is 0. The number of nitrogens with two attached hydrogens (primary N) is 1. The zero-order chi connectivity index (χ0) is 11.4. The van der Waals surface area contributed by atoms with E-state index in [1.54, 1.807) is 14.2 Å². The van der Waals surface area contributed by atoms with Crippen molar-refractivity contribution in [3.8, 4) is 5.75 Å². The predicted octanol–water partition coefficient (Wildman–Crippen LogP) is 1.96. The first-order chi connectivity index (χ1) is 7.10. The van der Waals surface area contributed by atoms with E-state index in [0.717, 1.165) is 16.9 Å². The van der Waals surface area contributed by atoms with Gasteiger partial charge in [-0.2, -0.15) is 0 Å². The maximum Gasteiger partial charge on any atom is 0.126 e. The molecule has 0 heterocycles. The van der Waals surface area contributed by atoms with Crippen LogP contribution in [0.3, 0.4) is 0 Å². The van der Waals surface area contributed by atoms with Crippen molar-refractivity contribution in [2.45, 2.75) is 19.9 Å². The standard InChI is InChI=1S/C12H19NO2/c1-8-5-9(2)12(15-4)10(6-8)11(13)7-14-3/h5-6,11H,7,13H2,1-4H3. The van der Waals surface area contributed by atoms with E-state index in [-0.39, 0.29) is 6.04 Å². The summed E-state index contributed by atoms with van der Waals surface area (Å²) in [6, 6.07) is 4.00. The summed E-state index contributed by atoms with van der Waals surface area (Å²) in [5.41, 5.74) is 9.33. The number of benzene rings is 1. The van der Waals surface area contributed by atoms with E-state index in [4.69, 9.17) is 15.2 Å². The van der Waals surface area contributed by atoms with Crippen molar-refractivity contribution in [3.63, 3.8) is 0 Å². The van der Waals surface area contributed by atoms with Crippen LogP contribution in [0.2, 0.25) is 0 Å². The van der Waals surface area contributed by atoms with Gasteiger partial charge in [0, 0.05) is 12.7 Å². The van der Waals surface area contributed by atoms with Crippen LogP contribution in [0.4, 0.5) is 0 Å². The lowest BCUT2D eigenvalue weighted by Crippen LogP contribution is -2.17. The van der Waals surface area contributed by atoms with E-state index >= 15 is 0 Å². The van der Waals surface area contributed by atoms with Gasteiger partial charge in [0.2, 0.25) is 0 Å². The summed E-state index contributed by atoms with van der Waals surface area (Å²) in [7, 11) is 3.32. The van der Waals surface area contributed by atoms with Crippen molar-refractivity contribution in [2.75, 3.05) is 20.8 Å². The molecule has 0 aliphatic rings. The Bertz CT molecular complexity index is 337. The van der Waals surface area contributed by atoms with Crippen LogP contribution in [-0.2, 0) is 4.74 Å². The third-order valence-corrected chi connectivity index (χ3v) is 2.40. The molecule has 0 bridgehead atoms. The van der Waals surface area contributed by atoms with E-state index in [0.29, 0.717) is 6.61 Å². The van der Waals surface area contributed by atoms with Gasteiger partial charge in [0.1, 0.15) is 5.75 Å². The highest BCUT2D eigenvalue weighted by Crippen LogP contribution is 2.29. The number of hydrogen-bond acceptors (Lipinski definition) is 3. The zero-order valence-electron chi connectivity index (χ0n) is 9.83. The van der Waals surface area contributed by atoms with Crippen molar-refractivity contribution < 1.29 is 9.47 Å². The number of methoxy groups -OCH3 is 2. The largest absolute Gasteiger partial charge is 0.496 e. The molecule has 15 heavy (non-hydrogen) atoms. The molecule has 3 heteroatoms. The molecule has 0 spiro atoms. The molecule has 1 atom stereocenters. The van der Waals surface area contributed by atoms with Gasteiger partial charge in [-0.1, -0.05) is 17.7 Å². The minimum absolute atomic E-state index is 0.136. The molecule has 1 unspecified atom stereocenters. The molecule has 1 aromatic rings. The lowest BCUT2D eigenvalue weighted by Gasteiger charge is -2.17. The van der Waals surface area contributed by atoms with Crippen LogP contribution in [0.5, 0.6) is 5.75 Å². The monoisotopic (exact) mass is 209 g/mol. The first kappa shape index (κ1) is 12.0. The van der Waals surface area contributed by atoms with Gasteiger partial charge in [-0.25, -0.2) is 0 Å². The first-order valence-electron chi connectivity index (χ1n) is 4.99. The summed E-state index contributed by atoms with van der Waals surface area (Å²) >= 11 is 0. The van der Waals surface area contributed by atoms with Crippen molar-refractivity contribution in [3.05, 3.63) is 28.8 Å². The van der Waals surface area contributed by atoms with Crippen molar-refractivity contribution in [2.24, 2.45) is 5.73 Å². The molecule has 0 aliphatic carbocycles. The highest BCUT2D eigenvalue weighted by molar-refractivity contribution is 5.45. The molecule has 0 saturated heterocycles. The van der Waals surface area contributed by atoms with Crippen LogP contribution < -0.4 is 10.5 Å². The Balaban J connectivity index is 3.13. The molecule has 0 radical (unpaired) electrons. The van der Waals surface area contributed by atoms with Gasteiger partial charge in [0.05, 0.1) is 19.8 Å². The molecule has 0 fully saturated rings. The molecule has 84 valence electrons. The van der Waals surface area contributed by atoms with Gasteiger partial charge in [-0.15, -0.1) is 0 Å². The van der Waals surface area contributed by atoms with E-state index in [1.165, 1.54) is 5.56 Å². The summed E-state index contributed by atoms with van der Waals surface area (Å²) in [6.07, 6.45) is 0. The minimum atomic E-state index is -0.136. The van der Waals surface area contributed by atoms with Crippen LogP contribution in [0, 0.1) is 13.8 Å². The third kappa shape index (κ3) is 2.70. The molecule has 0 aliphatic heterocycles. The second kappa shape index (κ2) is 5.14. The van der Waals surface area contributed by atoms with Crippen molar-refractivity contribution in [1.29, 1.82) is 0 Å². The Morgan fingerprint density at radius 3 is 2.47 bits per heavy atom. The second-order valence-corrected chi connectivity index (χ2v) is 3.77. The Labute approximate surface area is 91.2 Å². The fourth-order valence-electron chi connectivity index (χ4n) is 1.81. The zero-order valence-corrected chi connectivity index (χ0v) is 9.83. The average Bonchev–Trinajstić information content (AvgIpc) is 2.17. The SMILES string of the molecule is COCC(N)c1cc(C)cc(C)c1OC. The van der Waals surface area contributed by atoms with Gasteiger partial charge in [-0.3, -0.25) is 0 Å². The maximum absolute atomic E-state index is 6.01. The fraction of sp³-hybridized carbons (Fsp3) is 0.500. The van der Waals surface area contributed by atoms with E-state index in [2.05, 4.69) is 19.1 Å². The Kier molecular flexibility index (Phi) is 4.12. The lowest BCUT2D eigenvalue weighted by atomic mass is 10.0. The van der Waals surface area contributed by atoms with Crippen molar-refractivity contribution in [1.82, 2.24) is 0 Å². The highest BCUT2D eigenvalue weighted by atomic mass is 16.5. The van der Waals surface area contributed by atoms with E-state index in [1.807, 2.05) is 6.92 Å². The van der Waals surface area contributed by atoms with E-state index in [9.17, 15) is 0 Å². The predicted molar refractivity (Wildman–Crippen MR) is 61.3 cm³/mol. The molecule has 0 aromatic heterocycles. The molecule has 3 nitrogen and oxygen atoms in total. The molecular formula is C12H19NO2. The molecule has 2 N–H and O–H groups in total. The maximum atomic E-state index is 6.01. The highest BCUT2D eigenvalue weighted by Gasteiger charge is 2.14. The van der Waals surface area contributed by atoms with Crippen molar-refractivity contribution >= 4 is 0 Å². The second-order valence-electron chi connectivity index (χ2n) is 3.77. The van der Waals surface area contributed by atoms with Gasteiger partial charge < -0.3 is 15.2 Å². The average molecular weight is 209 g/mol. The summed E-state index contributed by atoms with van der Waals surface area (Å²) < 4.78 is 10.4. The lowest BCUT2D eigenvalue weighted by molar-refractivity contribution is 0.179. The Hall–Kier alpha value is -1.06. The summed E-state index contributed by atoms with van der Waals surface area (Å²) in [6.45, 7) is 4.57. The molecule has 1 rings (SSSR count). The summed E-state index contributed by atoms with van der Waals surface area (Å²) in [5.74, 6) is 0.866. The summed E-state index contributed by atoms with van der Waals surface area (Å²) in [5, 5.41) is 0. The number of hydrogen-bond donors (Lipinski definition) is 1. The molecule has 0 amide bonds. The fourth-order valence-corrected chi connectivity index (χ4v) is 1.81.